The van der Waals surface area contributed by atoms with Gasteiger partial charge in [0.05, 0.1) is 10.5 Å². The number of halogens is 1. The molecular weight excluding hydrogens is 434 g/mol. The Morgan fingerprint density at radius 2 is 1.89 bits per heavy atom. The predicted molar refractivity (Wildman–Crippen MR) is 109 cm³/mol. The molecular formula is C18H12BrN3O4S. The topological polar surface area (TPSA) is 97.4 Å². The molecule has 0 aliphatic heterocycles. The molecule has 0 fully saturated rings. The molecule has 0 atom stereocenters. The van der Waals surface area contributed by atoms with Crippen LogP contribution in [0, 0.1) is 10.1 Å². The number of hydrogen-bond acceptors (Lipinski definition) is 5. The van der Waals surface area contributed by atoms with Gasteiger partial charge in [0.2, 0.25) is 0 Å². The number of para-hydroxylation sites is 1. The zero-order chi connectivity index (χ0) is 19.4. The lowest BCUT2D eigenvalue weighted by atomic mass is 10.1. The number of thiocarbonyl (C=S) groups is 1. The average molecular weight is 446 g/mol. The Morgan fingerprint density at radius 1 is 1.11 bits per heavy atom. The standard InChI is InChI=1S/C18H12BrN3O4S/c19-11-4-3-5-12(10-11)20-18(27)21-17(23)16-9-8-15(26-16)13-6-1-2-7-14(13)22(24)25/h1-10H,(H2,20,21,23,27). The summed E-state index contributed by atoms with van der Waals surface area (Å²) in [6, 6.07) is 16.4. The Kier molecular flexibility index (Phi) is 5.63. The van der Waals surface area contributed by atoms with Gasteiger partial charge in [-0.25, -0.2) is 0 Å². The van der Waals surface area contributed by atoms with Crippen LogP contribution in [0.4, 0.5) is 11.4 Å². The summed E-state index contributed by atoms with van der Waals surface area (Å²) in [6.45, 7) is 0. The number of carbonyl (C=O) groups is 1. The second-order valence-corrected chi connectivity index (χ2v) is 6.68. The minimum absolute atomic E-state index is 0.0125. The van der Waals surface area contributed by atoms with E-state index in [0.717, 1.165) is 4.47 Å². The summed E-state index contributed by atoms with van der Waals surface area (Å²) < 4.78 is 6.34. The van der Waals surface area contributed by atoms with Crippen LogP contribution in [0.15, 0.2) is 69.6 Å². The molecule has 1 amide bonds. The molecule has 3 rings (SSSR count). The fourth-order valence-corrected chi connectivity index (χ4v) is 2.95. The minimum atomic E-state index is -0.563. The van der Waals surface area contributed by atoms with Crippen LogP contribution in [0.5, 0.6) is 0 Å². The lowest BCUT2D eigenvalue weighted by Crippen LogP contribution is -2.33. The van der Waals surface area contributed by atoms with Crippen LogP contribution in [0.2, 0.25) is 0 Å². The molecule has 2 aromatic carbocycles. The van der Waals surface area contributed by atoms with Gasteiger partial charge in [-0.15, -0.1) is 0 Å². The highest BCUT2D eigenvalue weighted by atomic mass is 79.9. The van der Waals surface area contributed by atoms with Crippen molar-refractivity contribution in [2.75, 3.05) is 5.32 Å². The Morgan fingerprint density at radius 3 is 2.63 bits per heavy atom. The molecule has 0 bridgehead atoms. The predicted octanol–water partition coefficient (Wildman–Crippen LogP) is 4.74. The highest BCUT2D eigenvalue weighted by molar-refractivity contribution is 9.10. The number of anilines is 1. The van der Waals surface area contributed by atoms with Gasteiger partial charge >= 0.3 is 0 Å². The van der Waals surface area contributed by atoms with Crippen molar-refractivity contribution in [1.29, 1.82) is 0 Å². The summed E-state index contributed by atoms with van der Waals surface area (Å²) in [5.74, 6) is -0.354. The molecule has 2 N–H and O–H groups in total. The molecule has 1 heterocycles. The SMILES string of the molecule is O=C(NC(=S)Nc1cccc(Br)c1)c1ccc(-c2ccccc2[N+](=O)[O-])o1. The van der Waals surface area contributed by atoms with Gasteiger partial charge < -0.3 is 9.73 Å². The highest BCUT2D eigenvalue weighted by Gasteiger charge is 2.19. The van der Waals surface area contributed by atoms with Crippen LogP contribution in [-0.2, 0) is 0 Å². The number of nitro groups is 1. The van der Waals surface area contributed by atoms with Gasteiger partial charge in [0.1, 0.15) is 5.76 Å². The van der Waals surface area contributed by atoms with Crippen molar-refractivity contribution in [1.82, 2.24) is 5.32 Å². The number of nitrogens with zero attached hydrogens (tertiary/aromatic N) is 1. The van der Waals surface area contributed by atoms with Crippen molar-refractivity contribution >= 4 is 50.5 Å². The van der Waals surface area contributed by atoms with E-state index in [2.05, 4.69) is 26.6 Å². The fraction of sp³-hybridized carbons (Fsp3) is 0. The van der Waals surface area contributed by atoms with Crippen molar-refractivity contribution in [2.45, 2.75) is 0 Å². The monoisotopic (exact) mass is 445 g/mol. The molecule has 0 radical (unpaired) electrons. The summed E-state index contributed by atoms with van der Waals surface area (Å²) in [5, 5.41) is 16.6. The summed E-state index contributed by atoms with van der Waals surface area (Å²) >= 11 is 8.47. The van der Waals surface area contributed by atoms with Crippen molar-refractivity contribution < 1.29 is 14.1 Å². The molecule has 27 heavy (non-hydrogen) atoms. The molecule has 136 valence electrons. The van der Waals surface area contributed by atoms with Crippen LogP contribution in [0.1, 0.15) is 10.6 Å². The maximum Gasteiger partial charge on any atom is 0.293 e. The van der Waals surface area contributed by atoms with Gasteiger partial charge in [-0.2, -0.15) is 0 Å². The Balaban J connectivity index is 1.72. The minimum Gasteiger partial charge on any atom is -0.451 e. The fourth-order valence-electron chi connectivity index (χ4n) is 2.34. The van der Waals surface area contributed by atoms with E-state index in [4.69, 9.17) is 16.6 Å². The largest absolute Gasteiger partial charge is 0.451 e. The third kappa shape index (κ3) is 4.57. The Labute approximate surface area is 167 Å². The van der Waals surface area contributed by atoms with Crippen molar-refractivity contribution in [2.24, 2.45) is 0 Å². The first-order valence-electron chi connectivity index (χ1n) is 7.65. The first-order chi connectivity index (χ1) is 12.9. The summed E-state index contributed by atoms with van der Waals surface area (Å²) in [4.78, 5) is 22.9. The third-order valence-corrected chi connectivity index (χ3v) is 4.20. The van der Waals surface area contributed by atoms with E-state index in [-0.39, 0.29) is 27.9 Å². The number of benzene rings is 2. The van der Waals surface area contributed by atoms with E-state index in [1.807, 2.05) is 12.1 Å². The molecule has 0 saturated carbocycles. The molecule has 1 aromatic heterocycles. The van der Waals surface area contributed by atoms with E-state index in [1.54, 1.807) is 30.3 Å². The molecule has 9 heteroatoms. The molecule has 3 aromatic rings. The Bertz CT molecular complexity index is 1030. The number of nitro benzene ring substituents is 1. The van der Waals surface area contributed by atoms with E-state index < -0.39 is 10.8 Å². The smallest absolute Gasteiger partial charge is 0.293 e. The normalized spacial score (nSPS) is 10.3. The number of nitrogens with one attached hydrogen (secondary N) is 2. The number of furan rings is 1. The van der Waals surface area contributed by atoms with E-state index >= 15 is 0 Å². The Hall–Kier alpha value is -3.04. The molecule has 7 nitrogen and oxygen atoms in total. The quantitative estimate of drug-likeness (QED) is 0.341. The van der Waals surface area contributed by atoms with Crippen molar-refractivity contribution in [3.63, 3.8) is 0 Å². The molecule has 0 spiro atoms. The molecule has 0 aliphatic rings. The summed E-state index contributed by atoms with van der Waals surface area (Å²) in [7, 11) is 0. The van der Waals surface area contributed by atoms with Gasteiger partial charge in [0.15, 0.2) is 10.9 Å². The van der Waals surface area contributed by atoms with Crippen LogP contribution < -0.4 is 10.6 Å². The maximum absolute atomic E-state index is 12.3. The number of amides is 1. The molecule has 0 unspecified atom stereocenters. The second-order valence-electron chi connectivity index (χ2n) is 5.36. The third-order valence-electron chi connectivity index (χ3n) is 3.51. The van der Waals surface area contributed by atoms with Gasteiger partial charge in [-0.1, -0.05) is 34.1 Å². The first kappa shape index (κ1) is 18.7. The van der Waals surface area contributed by atoms with Crippen LogP contribution in [0.3, 0.4) is 0 Å². The summed E-state index contributed by atoms with van der Waals surface area (Å²) in [5.41, 5.74) is 0.886. The van der Waals surface area contributed by atoms with Crippen molar-refractivity contribution in [3.05, 3.63) is 81.0 Å². The van der Waals surface area contributed by atoms with E-state index in [9.17, 15) is 14.9 Å². The molecule has 0 aliphatic carbocycles. The lowest BCUT2D eigenvalue weighted by Gasteiger charge is -2.08. The van der Waals surface area contributed by atoms with Gasteiger partial charge in [-0.3, -0.25) is 20.2 Å². The summed E-state index contributed by atoms with van der Waals surface area (Å²) in [6.07, 6.45) is 0. The highest BCUT2D eigenvalue weighted by Crippen LogP contribution is 2.30. The second kappa shape index (κ2) is 8.11. The van der Waals surface area contributed by atoms with Gasteiger partial charge in [-0.05, 0) is 48.6 Å². The van der Waals surface area contributed by atoms with Crippen LogP contribution in [0.25, 0.3) is 11.3 Å². The zero-order valence-corrected chi connectivity index (χ0v) is 16.0. The van der Waals surface area contributed by atoms with Crippen molar-refractivity contribution in [3.8, 4) is 11.3 Å². The molecule has 0 saturated heterocycles. The van der Waals surface area contributed by atoms with Gasteiger partial charge in [0.25, 0.3) is 11.6 Å². The maximum atomic E-state index is 12.3. The lowest BCUT2D eigenvalue weighted by molar-refractivity contribution is -0.384. The van der Waals surface area contributed by atoms with E-state index in [0.29, 0.717) is 5.69 Å². The number of carbonyl (C=O) groups excluding carboxylic acids is 1. The number of hydrogen-bond donors (Lipinski definition) is 2. The first-order valence-corrected chi connectivity index (χ1v) is 8.85. The number of rotatable bonds is 4. The van der Waals surface area contributed by atoms with Crippen LogP contribution in [-0.4, -0.2) is 15.9 Å². The zero-order valence-electron chi connectivity index (χ0n) is 13.6. The van der Waals surface area contributed by atoms with Gasteiger partial charge in [0, 0.05) is 16.2 Å². The van der Waals surface area contributed by atoms with E-state index in [1.165, 1.54) is 18.2 Å². The average Bonchev–Trinajstić information content (AvgIpc) is 3.11. The van der Waals surface area contributed by atoms with Crippen LogP contribution >= 0.6 is 28.1 Å².